The van der Waals surface area contributed by atoms with Crippen molar-refractivity contribution in [3.63, 3.8) is 0 Å². The molecule has 98 valence electrons. The molecule has 2 heterocycles. The van der Waals surface area contributed by atoms with Gasteiger partial charge in [-0.2, -0.15) is 0 Å². The Labute approximate surface area is 126 Å². The summed E-state index contributed by atoms with van der Waals surface area (Å²) in [6, 6.07) is 1.98. The molecular formula is C11H13Br2N3OS. The van der Waals surface area contributed by atoms with Crippen molar-refractivity contribution < 1.29 is 4.42 Å². The number of furan rings is 1. The van der Waals surface area contributed by atoms with Gasteiger partial charge in [0.05, 0.1) is 21.7 Å². The monoisotopic (exact) mass is 393 g/mol. The molecule has 2 aromatic heterocycles. The number of hydrogen-bond donors (Lipinski definition) is 1. The van der Waals surface area contributed by atoms with Crippen molar-refractivity contribution in [2.45, 2.75) is 12.6 Å². The third-order valence-electron chi connectivity index (χ3n) is 2.64. The molecule has 0 saturated carbocycles. The SMILES string of the molecule is CN(Cc1cscn1)C(CN)c1cc(Br)c(Br)o1. The molecule has 0 aliphatic heterocycles. The molecule has 0 aliphatic carbocycles. The average Bonchev–Trinajstić information content (AvgIpc) is 2.92. The van der Waals surface area contributed by atoms with Crippen molar-refractivity contribution in [2.75, 3.05) is 13.6 Å². The van der Waals surface area contributed by atoms with Crippen LogP contribution in [-0.4, -0.2) is 23.5 Å². The number of likely N-dealkylation sites (N-methyl/N-ethyl adjacent to an activating group) is 1. The highest BCUT2D eigenvalue weighted by Crippen LogP contribution is 2.31. The van der Waals surface area contributed by atoms with Crippen LogP contribution in [0.3, 0.4) is 0 Å². The highest BCUT2D eigenvalue weighted by Gasteiger charge is 2.21. The Balaban J connectivity index is 2.12. The third kappa shape index (κ3) is 3.21. The lowest BCUT2D eigenvalue weighted by Crippen LogP contribution is -2.30. The van der Waals surface area contributed by atoms with Gasteiger partial charge in [-0.25, -0.2) is 4.98 Å². The minimum atomic E-state index is 0.0364. The maximum Gasteiger partial charge on any atom is 0.183 e. The Kier molecular flexibility index (Phi) is 4.97. The van der Waals surface area contributed by atoms with E-state index in [4.69, 9.17) is 10.2 Å². The predicted molar refractivity (Wildman–Crippen MR) is 79.5 cm³/mol. The first-order valence-corrected chi connectivity index (χ1v) is 7.86. The van der Waals surface area contributed by atoms with Crippen LogP contribution >= 0.6 is 43.2 Å². The molecule has 18 heavy (non-hydrogen) atoms. The maximum atomic E-state index is 5.84. The normalized spacial score (nSPS) is 13.2. The molecule has 0 aliphatic rings. The van der Waals surface area contributed by atoms with E-state index in [0.717, 1.165) is 22.5 Å². The van der Waals surface area contributed by atoms with E-state index in [0.29, 0.717) is 11.2 Å². The lowest BCUT2D eigenvalue weighted by Gasteiger charge is -2.24. The van der Waals surface area contributed by atoms with Crippen molar-refractivity contribution in [3.8, 4) is 0 Å². The number of rotatable bonds is 5. The molecule has 2 rings (SSSR count). The zero-order chi connectivity index (χ0) is 13.1. The minimum absolute atomic E-state index is 0.0364. The second-order valence-electron chi connectivity index (χ2n) is 3.92. The quantitative estimate of drug-likeness (QED) is 0.844. The molecule has 1 atom stereocenters. The van der Waals surface area contributed by atoms with Gasteiger partial charge < -0.3 is 10.2 Å². The van der Waals surface area contributed by atoms with Crippen LogP contribution in [0.1, 0.15) is 17.5 Å². The largest absolute Gasteiger partial charge is 0.451 e. The Morgan fingerprint density at radius 2 is 2.33 bits per heavy atom. The summed E-state index contributed by atoms with van der Waals surface area (Å²) >= 11 is 8.35. The van der Waals surface area contributed by atoms with Crippen molar-refractivity contribution in [1.82, 2.24) is 9.88 Å². The molecule has 4 nitrogen and oxygen atoms in total. The molecule has 2 aromatic rings. The topological polar surface area (TPSA) is 55.3 Å². The maximum absolute atomic E-state index is 5.84. The predicted octanol–water partition coefficient (Wildman–Crippen LogP) is 3.39. The van der Waals surface area contributed by atoms with Crippen molar-refractivity contribution >= 4 is 43.2 Å². The second-order valence-corrected chi connectivity index (χ2v) is 6.21. The highest BCUT2D eigenvalue weighted by molar-refractivity contribution is 9.13. The van der Waals surface area contributed by atoms with Crippen LogP contribution in [0.15, 0.2) is 30.5 Å². The molecule has 0 amide bonds. The van der Waals surface area contributed by atoms with Crippen LogP contribution in [0, 0.1) is 0 Å². The van der Waals surface area contributed by atoms with Crippen LogP contribution in [0.5, 0.6) is 0 Å². The fourth-order valence-corrected chi connectivity index (χ4v) is 2.88. The molecule has 7 heteroatoms. The summed E-state index contributed by atoms with van der Waals surface area (Å²) < 4.78 is 7.23. The van der Waals surface area contributed by atoms with E-state index in [2.05, 4.69) is 41.7 Å². The lowest BCUT2D eigenvalue weighted by atomic mass is 10.2. The molecular weight excluding hydrogens is 382 g/mol. The third-order valence-corrected chi connectivity index (χ3v) is 4.99. The van der Waals surface area contributed by atoms with Gasteiger partial charge in [0.1, 0.15) is 5.76 Å². The van der Waals surface area contributed by atoms with Crippen molar-refractivity contribution in [3.05, 3.63) is 37.6 Å². The van der Waals surface area contributed by atoms with Crippen molar-refractivity contribution in [1.29, 1.82) is 0 Å². The molecule has 0 radical (unpaired) electrons. The zero-order valence-electron chi connectivity index (χ0n) is 9.77. The van der Waals surface area contributed by atoms with Gasteiger partial charge in [0.2, 0.25) is 0 Å². The van der Waals surface area contributed by atoms with Gasteiger partial charge in [0.25, 0.3) is 0 Å². The van der Waals surface area contributed by atoms with Gasteiger partial charge >= 0.3 is 0 Å². The molecule has 0 fully saturated rings. The van der Waals surface area contributed by atoms with Gasteiger partial charge in [0.15, 0.2) is 4.67 Å². The van der Waals surface area contributed by atoms with Crippen molar-refractivity contribution in [2.24, 2.45) is 5.73 Å². The first-order chi connectivity index (χ1) is 8.61. The smallest absolute Gasteiger partial charge is 0.183 e. The Morgan fingerprint density at radius 1 is 1.56 bits per heavy atom. The fourth-order valence-electron chi connectivity index (χ4n) is 1.72. The molecule has 2 N–H and O–H groups in total. The number of hydrogen-bond acceptors (Lipinski definition) is 5. The first kappa shape index (κ1) is 14.2. The van der Waals surface area contributed by atoms with Crippen LogP contribution in [-0.2, 0) is 6.54 Å². The number of nitrogens with two attached hydrogens (primary N) is 1. The van der Waals surface area contributed by atoms with Crippen LogP contribution in [0.4, 0.5) is 0 Å². The highest BCUT2D eigenvalue weighted by atomic mass is 79.9. The van der Waals surface area contributed by atoms with Gasteiger partial charge in [-0.3, -0.25) is 4.90 Å². The summed E-state index contributed by atoms with van der Waals surface area (Å²) in [6.07, 6.45) is 0. The summed E-state index contributed by atoms with van der Waals surface area (Å²) in [5.41, 5.74) is 8.72. The summed E-state index contributed by atoms with van der Waals surface area (Å²) in [6.45, 7) is 1.24. The van der Waals surface area contributed by atoms with Crippen LogP contribution in [0.25, 0.3) is 0 Å². The summed E-state index contributed by atoms with van der Waals surface area (Å²) in [5, 5.41) is 2.04. The molecule has 1 unspecified atom stereocenters. The van der Waals surface area contributed by atoms with Crippen LogP contribution < -0.4 is 5.73 Å². The Bertz CT molecular complexity index is 481. The standard InChI is InChI=1S/C11H13Br2N3OS/c1-16(4-7-5-18-6-15-7)9(3-14)10-2-8(12)11(13)17-10/h2,5-6,9H,3-4,14H2,1H3. The van der Waals surface area contributed by atoms with E-state index >= 15 is 0 Å². The zero-order valence-corrected chi connectivity index (χ0v) is 13.8. The molecule has 0 saturated heterocycles. The summed E-state index contributed by atoms with van der Waals surface area (Å²) in [5.74, 6) is 0.842. The molecule has 0 spiro atoms. The lowest BCUT2D eigenvalue weighted by molar-refractivity contribution is 0.209. The first-order valence-electron chi connectivity index (χ1n) is 5.34. The Morgan fingerprint density at radius 3 is 2.83 bits per heavy atom. The van der Waals surface area contributed by atoms with E-state index in [1.54, 1.807) is 11.3 Å². The Hall–Kier alpha value is -0.210. The minimum Gasteiger partial charge on any atom is -0.451 e. The van der Waals surface area contributed by atoms with Gasteiger partial charge in [-0.1, -0.05) is 0 Å². The molecule has 0 aromatic carbocycles. The summed E-state index contributed by atoms with van der Waals surface area (Å²) in [7, 11) is 2.02. The number of halogens is 2. The fraction of sp³-hybridized carbons (Fsp3) is 0.364. The summed E-state index contributed by atoms with van der Waals surface area (Å²) in [4.78, 5) is 6.41. The van der Waals surface area contributed by atoms with E-state index in [1.807, 2.05) is 24.0 Å². The van der Waals surface area contributed by atoms with E-state index < -0.39 is 0 Å². The second kappa shape index (κ2) is 6.29. The van der Waals surface area contributed by atoms with Crippen LogP contribution in [0.2, 0.25) is 0 Å². The number of thiazole rings is 1. The number of nitrogens with zero attached hydrogens (tertiary/aromatic N) is 2. The van der Waals surface area contributed by atoms with Gasteiger partial charge in [-0.05, 0) is 45.0 Å². The van der Waals surface area contributed by atoms with E-state index in [9.17, 15) is 0 Å². The number of aromatic nitrogens is 1. The average molecular weight is 395 g/mol. The van der Waals surface area contributed by atoms with E-state index in [-0.39, 0.29) is 6.04 Å². The van der Waals surface area contributed by atoms with E-state index in [1.165, 1.54) is 0 Å². The van der Waals surface area contributed by atoms with Gasteiger partial charge in [0, 0.05) is 18.5 Å². The molecule has 0 bridgehead atoms. The van der Waals surface area contributed by atoms with Gasteiger partial charge in [-0.15, -0.1) is 11.3 Å².